The van der Waals surface area contributed by atoms with Gasteiger partial charge < -0.3 is 9.73 Å². The maximum Gasteiger partial charge on any atom is 0.182 e. The molecule has 0 bridgehead atoms. The van der Waals surface area contributed by atoms with Crippen LogP contribution in [-0.4, -0.2) is 11.0 Å². The van der Waals surface area contributed by atoms with Crippen molar-refractivity contribution in [2.24, 2.45) is 0 Å². The highest BCUT2D eigenvalue weighted by Crippen LogP contribution is 2.21. The molecular weight excluding hydrogens is 164 g/mol. The van der Waals surface area contributed by atoms with Crippen molar-refractivity contribution in [3.05, 3.63) is 24.6 Å². The quantitative estimate of drug-likeness (QED) is 0.764. The second kappa shape index (κ2) is 3.09. The zero-order chi connectivity index (χ0) is 9.26. The van der Waals surface area contributed by atoms with E-state index >= 15 is 0 Å². The average molecular weight is 176 g/mol. The third-order valence-electron chi connectivity index (χ3n) is 1.80. The molecule has 2 rings (SSSR count). The van der Waals surface area contributed by atoms with Crippen LogP contribution in [0.25, 0.3) is 11.1 Å². The van der Waals surface area contributed by atoms with Gasteiger partial charge in [0.2, 0.25) is 0 Å². The van der Waals surface area contributed by atoms with Crippen LogP contribution in [0.2, 0.25) is 0 Å². The Kier molecular flexibility index (Phi) is 1.93. The average Bonchev–Trinajstić information content (AvgIpc) is 2.51. The number of aromatic nitrogens is 1. The van der Waals surface area contributed by atoms with Crippen LogP contribution in [-0.2, 0) is 0 Å². The van der Waals surface area contributed by atoms with Gasteiger partial charge in [-0.15, -0.1) is 0 Å². The van der Waals surface area contributed by atoms with Crippen LogP contribution >= 0.6 is 0 Å². The minimum Gasteiger partial charge on any atom is -0.443 e. The molecule has 0 radical (unpaired) electrons. The van der Waals surface area contributed by atoms with Crippen molar-refractivity contribution in [2.75, 3.05) is 5.32 Å². The van der Waals surface area contributed by atoms with Crippen molar-refractivity contribution < 1.29 is 4.42 Å². The van der Waals surface area contributed by atoms with Gasteiger partial charge in [-0.3, -0.25) is 0 Å². The molecule has 0 aliphatic rings. The summed E-state index contributed by atoms with van der Waals surface area (Å²) in [6.07, 6.45) is 1.47. The van der Waals surface area contributed by atoms with Crippen LogP contribution in [0, 0.1) is 0 Å². The third kappa shape index (κ3) is 1.49. The summed E-state index contributed by atoms with van der Waals surface area (Å²) in [6, 6.07) is 6.28. The largest absolute Gasteiger partial charge is 0.443 e. The molecule has 0 fully saturated rings. The zero-order valence-electron chi connectivity index (χ0n) is 7.74. The fourth-order valence-electron chi connectivity index (χ4n) is 1.31. The molecule has 1 heterocycles. The Morgan fingerprint density at radius 3 is 3.00 bits per heavy atom. The summed E-state index contributed by atoms with van der Waals surface area (Å²) in [7, 11) is 0. The van der Waals surface area contributed by atoms with Gasteiger partial charge in [0.15, 0.2) is 12.0 Å². The lowest BCUT2D eigenvalue weighted by Crippen LogP contribution is -2.09. The normalized spacial score (nSPS) is 11.0. The summed E-state index contributed by atoms with van der Waals surface area (Å²) < 4.78 is 5.19. The number of nitrogens with one attached hydrogen (secondary N) is 1. The van der Waals surface area contributed by atoms with Crippen LogP contribution in [0.3, 0.4) is 0 Å². The minimum absolute atomic E-state index is 0.405. The van der Waals surface area contributed by atoms with E-state index in [1.807, 2.05) is 18.2 Å². The van der Waals surface area contributed by atoms with E-state index in [9.17, 15) is 0 Å². The highest BCUT2D eigenvalue weighted by Gasteiger charge is 2.04. The van der Waals surface area contributed by atoms with Crippen molar-refractivity contribution in [3.8, 4) is 0 Å². The predicted octanol–water partition coefficient (Wildman–Crippen LogP) is 2.65. The fraction of sp³-hybridized carbons (Fsp3) is 0.300. The Morgan fingerprint density at radius 2 is 2.23 bits per heavy atom. The van der Waals surface area contributed by atoms with Crippen LogP contribution in [0.15, 0.2) is 29.0 Å². The lowest BCUT2D eigenvalue weighted by Gasteiger charge is -2.09. The van der Waals surface area contributed by atoms with Gasteiger partial charge in [0.1, 0.15) is 5.52 Å². The maximum atomic E-state index is 5.19. The molecule has 0 saturated carbocycles. The number of anilines is 1. The van der Waals surface area contributed by atoms with Crippen molar-refractivity contribution in [2.45, 2.75) is 19.9 Å². The van der Waals surface area contributed by atoms with Gasteiger partial charge in [-0.2, -0.15) is 0 Å². The molecule has 13 heavy (non-hydrogen) atoms. The Bertz CT molecular complexity index is 406. The van der Waals surface area contributed by atoms with Gasteiger partial charge in [0.05, 0.1) is 5.69 Å². The van der Waals surface area contributed by atoms with Crippen molar-refractivity contribution in [3.63, 3.8) is 0 Å². The molecule has 0 atom stereocenters. The molecule has 3 heteroatoms. The molecule has 1 N–H and O–H groups in total. The first-order valence-electron chi connectivity index (χ1n) is 4.36. The molecule has 0 unspecified atom stereocenters. The first-order chi connectivity index (χ1) is 6.27. The predicted molar refractivity (Wildman–Crippen MR) is 52.8 cm³/mol. The van der Waals surface area contributed by atoms with Crippen LogP contribution in [0.5, 0.6) is 0 Å². The number of para-hydroxylation sites is 1. The lowest BCUT2D eigenvalue weighted by molar-refractivity contribution is 0.602. The van der Waals surface area contributed by atoms with Crippen LogP contribution in [0.4, 0.5) is 5.69 Å². The van der Waals surface area contributed by atoms with E-state index in [1.54, 1.807) is 0 Å². The third-order valence-corrected chi connectivity index (χ3v) is 1.80. The van der Waals surface area contributed by atoms with Gasteiger partial charge in [-0.05, 0) is 26.0 Å². The molecule has 0 aliphatic carbocycles. The number of benzene rings is 1. The van der Waals surface area contributed by atoms with Crippen LogP contribution < -0.4 is 5.32 Å². The number of hydrogen-bond donors (Lipinski definition) is 1. The van der Waals surface area contributed by atoms with Gasteiger partial charge in [0, 0.05) is 6.04 Å². The van der Waals surface area contributed by atoms with E-state index in [1.165, 1.54) is 6.39 Å². The molecule has 2 aromatic rings. The van der Waals surface area contributed by atoms with E-state index < -0.39 is 0 Å². The lowest BCUT2D eigenvalue weighted by atomic mass is 10.2. The monoisotopic (exact) mass is 176 g/mol. The van der Waals surface area contributed by atoms with Gasteiger partial charge >= 0.3 is 0 Å². The summed E-state index contributed by atoms with van der Waals surface area (Å²) in [4.78, 5) is 4.14. The number of nitrogens with zero attached hydrogens (tertiary/aromatic N) is 1. The maximum absolute atomic E-state index is 5.19. The SMILES string of the molecule is CC(C)Nc1cccc2ocnc12. The summed E-state index contributed by atoms with van der Waals surface area (Å²) in [5.41, 5.74) is 2.75. The van der Waals surface area contributed by atoms with E-state index in [4.69, 9.17) is 4.42 Å². The fourth-order valence-corrected chi connectivity index (χ4v) is 1.31. The highest BCUT2D eigenvalue weighted by atomic mass is 16.3. The summed E-state index contributed by atoms with van der Waals surface area (Å²) in [6.45, 7) is 4.19. The Morgan fingerprint density at radius 1 is 1.38 bits per heavy atom. The molecule has 3 nitrogen and oxygen atoms in total. The molecule has 0 spiro atoms. The molecular formula is C10H12N2O. The Labute approximate surface area is 76.8 Å². The van der Waals surface area contributed by atoms with Gasteiger partial charge in [-0.25, -0.2) is 4.98 Å². The zero-order valence-corrected chi connectivity index (χ0v) is 7.74. The first-order valence-corrected chi connectivity index (χ1v) is 4.36. The van der Waals surface area contributed by atoms with Crippen LogP contribution in [0.1, 0.15) is 13.8 Å². The van der Waals surface area contributed by atoms with Crippen molar-refractivity contribution in [1.29, 1.82) is 0 Å². The number of rotatable bonds is 2. The molecule has 0 aliphatic heterocycles. The molecule has 0 amide bonds. The molecule has 0 saturated heterocycles. The Hall–Kier alpha value is -1.51. The highest BCUT2D eigenvalue weighted by molar-refractivity contribution is 5.86. The number of hydrogen-bond acceptors (Lipinski definition) is 3. The van der Waals surface area contributed by atoms with E-state index in [0.29, 0.717) is 6.04 Å². The topological polar surface area (TPSA) is 38.1 Å². The summed E-state index contributed by atoms with van der Waals surface area (Å²) in [5, 5.41) is 3.31. The summed E-state index contributed by atoms with van der Waals surface area (Å²) >= 11 is 0. The molecule has 68 valence electrons. The van der Waals surface area contributed by atoms with Gasteiger partial charge in [-0.1, -0.05) is 6.07 Å². The second-order valence-electron chi connectivity index (χ2n) is 3.30. The summed E-state index contributed by atoms with van der Waals surface area (Å²) in [5.74, 6) is 0. The molecule has 1 aromatic heterocycles. The van der Waals surface area contributed by atoms with E-state index in [0.717, 1.165) is 16.8 Å². The smallest absolute Gasteiger partial charge is 0.182 e. The van der Waals surface area contributed by atoms with Crippen molar-refractivity contribution >= 4 is 16.8 Å². The second-order valence-corrected chi connectivity index (χ2v) is 3.30. The first kappa shape index (κ1) is 8.10. The molecule has 1 aromatic carbocycles. The van der Waals surface area contributed by atoms with Gasteiger partial charge in [0.25, 0.3) is 0 Å². The Balaban J connectivity index is 2.48. The van der Waals surface area contributed by atoms with Crippen molar-refractivity contribution in [1.82, 2.24) is 4.98 Å². The van der Waals surface area contributed by atoms with E-state index in [-0.39, 0.29) is 0 Å². The van der Waals surface area contributed by atoms with E-state index in [2.05, 4.69) is 24.1 Å². The number of oxazole rings is 1. The number of fused-ring (bicyclic) bond motifs is 1. The standard InChI is InChI=1S/C10H12N2O/c1-7(2)12-8-4-3-5-9-10(8)11-6-13-9/h3-7,12H,1-2H3. The minimum atomic E-state index is 0.405.